The number of hydrogen-bond donors (Lipinski definition) is 0. The van der Waals surface area contributed by atoms with Crippen molar-refractivity contribution in [2.75, 3.05) is 7.11 Å². The molecule has 2 heterocycles. The molecule has 6 nitrogen and oxygen atoms in total. The number of rotatable bonds is 5. The van der Waals surface area contributed by atoms with Crippen molar-refractivity contribution in [3.63, 3.8) is 0 Å². The summed E-state index contributed by atoms with van der Waals surface area (Å²) >= 11 is 0. The maximum Gasteiger partial charge on any atom is 0.143 e. The second-order valence-electron chi connectivity index (χ2n) is 6.92. The number of methoxy groups -OCH3 is 1. The average Bonchev–Trinajstić information content (AvgIpc) is 3.24. The van der Waals surface area contributed by atoms with E-state index < -0.39 is 0 Å². The molecule has 0 spiro atoms. The van der Waals surface area contributed by atoms with Crippen molar-refractivity contribution < 1.29 is 4.74 Å². The Labute approximate surface area is 173 Å². The zero-order valence-corrected chi connectivity index (χ0v) is 16.4. The molecule has 5 rings (SSSR count). The van der Waals surface area contributed by atoms with Gasteiger partial charge in [0.15, 0.2) is 0 Å². The van der Waals surface area contributed by atoms with Gasteiger partial charge >= 0.3 is 0 Å². The van der Waals surface area contributed by atoms with Crippen LogP contribution in [0.15, 0.2) is 84.9 Å². The van der Waals surface area contributed by atoms with Crippen molar-refractivity contribution in [3.05, 3.63) is 90.5 Å². The molecule has 0 saturated carbocycles. The highest BCUT2D eigenvalue weighted by molar-refractivity contribution is 5.96. The van der Waals surface area contributed by atoms with E-state index in [0.717, 1.165) is 44.9 Å². The number of benzene rings is 3. The van der Waals surface area contributed by atoms with E-state index in [1.165, 1.54) is 0 Å². The highest BCUT2D eigenvalue weighted by Crippen LogP contribution is 2.31. The standard InChI is InChI=1S/C24H19N5O/c1-30-20-14-12-17(13-15-20)16-29-24-22(19-10-6-3-7-11-19)26-25-21(23(24)27-28-29)18-8-4-2-5-9-18/h2-15H,16H2,1H3. The third-order valence-electron chi connectivity index (χ3n) is 5.02. The Balaban J connectivity index is 1.68. The van der Waals surface area contributed by atoms with Crippen LogP contribution in [-0.4, -0.2) is 32.3 Å². The van der Waals surface area contributed by atoms with E-state index in [0.29, 0.717) is 6.54 Å². The van der Waals surface area contributed by atoms with Crippen LogP contribution in [0.5, 0.6) is 5.75 Å². The quantitative estimate of drug-likeness (QED) is 0.436. The Hall–Kier alpha value is -4.06. The van der Waals surface area contributed by atoms with Crippen LogP contribution in [0.4, 0.5) is 0 Å². The Bertz CT molecular complexity index is 1280. The first-order valence-electron chi connectivity index (χ1n) is 9.67. The Kier molecular flexibility index (Phi) is 4.65. The van der Waals surface area contributed by atoms with Gasteiger partial charge in [-0.15, -0.1) is 15.3 Å². The third kappa shape index (κ3) is 3.28. The van der Waals surface area contributed by atoms with Crippen molar-refractivity contribution in [3.8, 4) is 28.3 Å². The van der Waals surface area contributed by atoms with Crippen molar-refractivity contribution in [1.29, 1.82) is 0 Å². The lowest BCUT2D eigenvalue weighted by Gasteiger charge is -2.09. The summed E-state index contributed by atoms with van der Waals surface area (Å²) in [5, 5.41) is 18.1. The fourth-order valence-corrected chi connectivity index (χ4v) is 3.50. The van der Waals surface area contributed by atoms with Crippen molar-refractivity contribution >= 4 is 11.0 Å². The smallest absolute Gasteiger partial charge is 0.143 e. The highest BCUT2D eigenvalue weighted by atomic mass is 16.5. The molecule has 0 aliphatic heterocycles. The normalized spacial score (nSPS) is 11.0. The molecule has 0 amide bonds. The topological polar surface area (TPSA) is 65.7 Å². The summed E-state index contributed by atoms with van der Waals surface area (Å²) < 4.78 is 7.15. The van der Waals surface area contributed by atoms with Crippen LogP contribution in [-0.2, 0) is 6.54 Å². The molecule has 3 aromatic carbocycles. The van der Waals surface area contributed by atoms with Gasteiger partial charge in [0.05, 0.1) is 13.7 Å². The molecule has 30 heavy (non-hydrogen) atoms. The largest absolute Gasteiger partial charge is 0.497 e. The van der Waals surface area contributed by atoms with E-state index in [4.69, 9.17) is 4.74 Å². The molecule has 0 bridgehead atoms. The fourth-order valence-electron chi connectivity index (χ4n) is 3.50. The molecule has 0 aliphatic rings. The van der Waals surface area contributed by atoms with Gasteiger partial charge < -0.3 is 4.74 Å². The van der Waals surface area contributed by atoms with Crippen LogP contribution in [0, 0.1) is 0 Å². The second kappa shape index (κ2) is 7.75. The molecule has 0 atom stereocenters. The van der Waals surface area contributed by atoms with Gasteiger partial charge in [-0.05, 0) is 17.7 Å². The minimum atomic E-state index is 0.570. The predicted molar refractivity (Wildman–Crippen MR) is 116 cm³/mol. The summed E-state index contributed by atoms with van der Waals surface area (Å²) in [6.45, 7) is 0.570. The van der Waals surface area contributed by atoms with E-state index in [1.807, 2.05) is 89.6 Å². The molecule has 0 aliphatic carbocycles. The van der Waals surface area contributed by atoms with Crippen molar-refractivity contribution in [2.24, 2.45) is 0 Å². The molecule has 0 unspecified atom stereocenters. The molecular weight excluding hydrogens is 374 g/mol. The lowest BCUT2D eigenvalue weighted by molar-refractivity contribution is 0.414. The van der Waals surface area contributed by atoms with E-state index in [9.17, 15) is 0 Å². The lowest BCUT2D eigenvalue weighted by Crippen LogP contribution is -2.04. The molecule has 2 aromatic heterocycles. The number of fused-ring (bicyclic) bond motifs is 1. The first-order chi connectivity index (χ1) is 14.8. The van der Waals surface area contributed by atoms with Crippen LogP contribution in [0.1, 0.15) is 5.56 Å². The van der Waals surface area contributed by atoms with Crippen LogP contribution >= 0.6 is 0 Å². The summed E-state index contributed by atoms with van der Waals surface area (Å²) in [6, 6.07) is 27.9. The highest BCUT2D eigenvalue weighted by Gasteiger charge is 2.19. The maximum absolute atomic E-state index is 5.26. The van der Waals surface area contributed by atoms with E-state index >= 15 is 0 Å². The Morgan fingerprint density at radius 2 is 1.30 bits per heavy atom. The van der Waals surface area contributed by atoms with Gasteiger partial charge in [-0.2, -0.15) is 0 Å². The minimum Gasteiger partial charge on any atom is -0.497 e. The second-order valence-corrected chi connectivity index (χ2v) is 6.92. The lowest BCUT2D eigenvalue weighted by atomic mass is 10.1. The van der Waals surface area contributed by atoms with Crippen LogP contribution in [0.25, 0.3) is 33.5 Å². The fraction of sp³-hybridized carbons (Fsp3) is 0.0833. The molecule has 0 fully saturated rings. The average molecular weight is 393 g/mol. The van der Waals surface area contributed by atoms with Gasteiger partial charge in [-0.25, -0.2) is 4.68 Å². The monoisotopic (exact) mass is 393 g/mol. The summed E-state index contributed by atoms with van der Waals surface area (Å²) in [6.07, 6.45) is 0. The first kappa shape index (κ1) is 18.0. The van der Waals surface area contributed by atoms with Gasteiger partial charge in [0.2, 0.25) is 0 Å². The van der Waals surface area contributed by atoms with Gasteiger partial charge in [-0.3, -0.25) is 0 Å². The summed E-state index contributed by atoms with van der Waals surface area (Å²) in [7, 11) is 1.66. The van der Waals surface area contributed by atoms with Crippen LogP contribution in [0.2, 0.25) is 0 Å². The van der Waals surface area contributed by atoms with Crippen molar-refractivity contribution in [2.45, 2.75) is 6.54 Å². The van der Waals surface area contributed by atoms with Crippen LogP contribution < -0.4 is 4.74 Å². The van der Waals surface area contributed by atoms with Gasteiger partial charge in [0.1, 0.15) is 28.2 Å². The van der Waals surface area contributed by atoms with Crippen molar-refractivity contribution in [1.82, 2.24) is 25.2 Å². The zero-order chi connectivity index (χ0) is 20.3. The van der Waals surface area contributed by atoms with Crippen LogP contribution in [0.3, 0.4) is 0 Å². The predicted octanol–water partition coefficient (Wildman–Crippen LogP) is 4.61. The molecule has 6 heteroatoms. The molecule has 0 N–H and O–H groups in total. The summed E-state index contributed by atoms with van der Waals surface area (Å²) in [4.78, 5) is 0. The number of hydrogen-bond acceptors (Lipinski definition) is 5. The number of ether oxygens (including phenoxy) is 1. The molecule has 0 saturated heterocycles. The maximum atomic E-state index is 5.26. The first-order valence-corrected chi connectivity index (χ1v) is 9.67. The Morgan fingerprint density at radius 3 is 1.93 bits per heavy atom. The molecular formula is C24H19N5O. The van der Waals surface area contributed by atoms with E-state index in [1.54, 1.807) is 7.11 Å². The van der Waals surface area contributed by atoms with E-state index in [2.05, 4.69) is 20.5 Å². The zero-order valence-electron chi connectivity index (χ0n) is 16.4. The van der Waals surface area contributed by atoms with Gasteiger partial charge in [-0.1, -0.05) is 78.0 Å². The SMILES string of the molecule is COc1ccc(Cn2nnc3c(-c4ccccc4)nnc(-c4ccccc4)c32)cc1. The minimum absolute atomic E-state index is 0.570. The molecule has 5 aromatic rings. The number of aromatic nitrogens is 5. The summed E-state index contributed by atoms with van der Waals surface area (Å²) in [5.41, 5.74) is 6.14. The Morgan fingerprint density at radius 1 is 0.700 bits per heavy atom. The van der Waals surface area contributed by atoms with Gasteiger partial charge in [0.25, 0.3) is 0 Å². The molecule has 146 valence electrons. The summed E-state index contributed by atoms with van der Waals surface area (Å²) in [5.74, 6) is 0.824. The van der Waals surface area contributed by atoms with Gasteiger partial charge in [0, 0.05) is 11.1 Å². The number of nitrogens with zero attached hydrogens (tertiary/aromatic N) is 5. The van der Waals surface area contributed by atoms with E-state index in [-0.39, 0.29) is 0 Å². The third-order valence-corrected chi connectivity index (χ3v) is 5.02. The molecule has 0 radical (unpaired) electrons.